The van der Waals surface area contributed by atoms with Crippen LogP contribution in [-0.2, 0) is 21.7 Å². The van der Waals surface area contributed by atoms with Crippen LogP contribution in [0.5, 0.6) is 5.75 Å². The number of nitrogens with zero attached hydrogens (tertiary/aromatic N) is 3. The van der Waals surface area contributed by atoms with Crippen LogP contribution in [0.15, 0.2) is 30.3 Å². The summed E-state index contributed by atoms with van der Waals surface area (Å²) >= 11 is 6.29. The summed E-state index contributed by atoms with van der Waals surface area (Å²) in [5.41, 5.74) is 1.35. The van der Waals surface area contributed by atoms with Crippen LogP contribution in [-0.4, -0.2) is 42.4 Å². The Labute approximate surface area is 164 Å². The van der Waals surface area contributed by atoms with Crippen molar-refractivity contribution in [2.75, 3.05) is 31.3 Å². The molecule has 1 aromatic carbocycles. The lowest BCUT2D eigenvalue weighted by molar-refractivity contribution is -0.0391. The Morgan fingerprint density at radius 1 is 1.30 bits per heavy atom. The van der Waals surface area contributed by atoms with Crippen LogP contribution >= 0.6 is 11.6 Å². The number of hydrogen-bond acceptors (Lipinski definition) is 6. The number of halogens is 1. The summed E-state index contributed by atoms with van der Waals surface area (Å²) in [6.45, 7) is 7.34. The molecule has 6 nitrogen and oxygen atoms in total. The molecule has 0 spiro atoms. The molecule has 1 saturated heterocycles. The van der Waals surface area contributed by atoms with Gasteiger partial charge in [-0.2, -0.15) is 0 Å². The van der Waals surface area contributed by atoms with Crippen molar-refractivity contribution in [3.05, 3.63) is 46.9 Å². The lowest BCUT2D eigenvalue weighted by atomic mass is 9.96. The van der Waals surface area contributed by atoms with Crippen molar-refractivity contribution < 1.29 is 14.2 Å². The van der Waals surface area contributed by atoms with Crippen LogP contribution in [0.2, 0.25) is 5.28 Å². The van der Waals surface area contributed by atoms with E-state index in [0.717, 1.165) is 29.4 Å². The van der Waals surface area contributed by atoms with Gasteiger partial charge in [0.15, 0.2) is 0 Å². The molecular formula is C20H24ClN3O3. The maximum atomic E-state index is 6.29. The highest BCUT2D eigenvalue weighted by Gasteiger charge is 2.41. The number of fused-ring (bicyclic) bond motifs is 1. The molecule has 2 aromatic rings. The smallest absolute Gasteiger partial charge is 0.224 e. The number of benzene rings is 1. The zero-order valence-electron chi connectivity index (χ0n) is 15.7. The molecule has 1 fully saturated rings. The molecule has 3 heterocycles. The van der Waals surface area contributed by atoms with Crippen molar-refractivity contribution in [1.29, 1.82) is 0 Å². The standard InChI is InChI=1S/C20H24ClN3O3/c1-14-12-25-11-9-24(14)18-16-13-27-20(2,17(16)22-19(21)23-18)8-10-26-15-6-4-3-5-7-15/h3-7,14H,8-13H2,1-2H3/t14-,20?/m0/s1. The van der Waals surface area contributed by atoms with Crippen LogP contribution < -0.4 is 9.64 Å². The average molecular weight is 390 g/mol. The zero-order valence-corrected chi connectivity index (χ0v) is 16.4. The fraction of sp³-hybridized carbons (Fsp3) is 0.500. The molecule has 2 aliphatic rings. The minimum Gasteiger partial charge on any atom is -0.493 e. The molecule has 0 bridgehead atoms. The van der Waals surface area contributed by atoms with E-state index in [1.54, 1.807) is 0 Å². The highest BCUT2D eigenvalue weighted by atomic mass is 35.5. The summed E-state index contributed by atoms with van der Waals surface area (Å²) in [5.74, 6) is 1.72. The van der Waals surface area contributed by atoms with Crippen LogP contribution in [0.3, 0.4) is 0 Å². The van der Waals surface area contributed by atoms with Gasteiger partial charge in [0.25, 0.3) is 0 Å². The molecule has 0 saturated carbocycles. The van der Waals surface area contributed by atoms with Crippen molar-refractivity contribution in [1.82, 2.24) is 9.97 Å². The molecule has 0 radical (unpaired) electrons. The van der Waals surface area contributed by atoms with Gasteiger partial charge in [0.1, 0.15) is 17.2 Å². The molecule has 2 atom stereocenters. The highest BCUT2D eigenvalue weighted by Crippen LogP contribution is 2.42. The Morgan fingerprint density at radius 2 is 2.11 bits per heavy atom. The summed E-state index contributed by atoms with van der Waals surface area (Å²) < 4.78 is 17.6. The molecule has 0 aliphatic carbocycles. The Balaban J connectivity index is 1.55. The predicted octanol–water partition coefficient (Wildman–Crippen LogP) is 3.57. The van der Waals surface area contributed by atoms with E-state index in [9.17, 15) is 0 Å². The number of rotatable bonds is 5. The monoisotopic (exact) mass is 389 g/mol. The quantitative estimate of drug-likeness (QED) is 0.728. The van der Waals surface area contributed by atoms with Gasteiger partial charge < -0.3 is 19.1 Å². The van der Waals surface area contributed by atoms with Gasteiger partial charge >= 0.3 is 0 Å². The first-order valence-electron chi connectivity index (χ1n) is 9.30. The number of morpholine rings is 1. The van der Waals surface area contributed by atoms with Crippen LogP contribution in [0.4, 0.5) is 5.82 Å². The Kier molecular flexibility index (Phi) is 5.21. The zero-order chi connectivity index (χ0) is 18.9. The van der Waals surface area contributed by atoms with Crippen molar-refractivity contribution >= 4 is 17.4 Å². The Morgan fingerprint density at radius 3 is 2.89 bits per heavy atom. The van der Waals surface area contributed by atoms with Gasteiger partial charge in [-0.3, -0.25) is 0 Å². The number of hydrogen-bond donors (Lipinski definition) is 0. The third kappa shape index (κ3) is 3.74. The third-order valence-electron chi connectivity index (χ3n) is 5.22. The summed E-state index contributed by atoms with van der Waals surface area (Å²) in [6, 6.07) is 10.0. The summed E-state index contributed by atoms with van der Waals surface area (Å²) in [5, 5.41) is 0.253. The normalized spacial score (nSPS) is 24.7. The second-order valence-corrected chi connectivity index (χ2v) is 7.53. The lowest BCUT2D eigenvalue weighted by Gasteiger charge is -2.35. The maximum absolute atomic E-state index is 6.29. The second kappa shape index (κ2) is 7.62. The molecule has 0 amide bonds. The summed E-state index contributed by atoms with van der Waals surface area (Å²) in [4.78, 5) is 11.3. The molecule has 144 valence electrons. The molecule has 1 unspecified atom stereocenters. The van der Waals surface area contributed by atoms with E-state index in [4.69, 9.17) is 25.8 Å². The molecule has 0 N–H and O–H groups in total. The van der Waals surface area contributed by atoms with Gasteiger partial charge in [-0.1, -0.05) is 18.2 Å². The molecular weight excluding hydrogens is 366 g/mol. The second-order valence-electron chi connectivity index (χ2n) is 7.19. The van der Waals surface area contributed by atoms with E-state index in [1.807, 2.05) is 37.3 Å². The SMILES string of the molecule is C[C@H]1COCCN1c1nc(Cl)nc2c1COC2(C)CCOc1ccccc1. The fourth-order valence-corrected chi connectivity index (χ4v) is 3.83. The predicted molar refractivity (Wildman–Crippen MR) is 103 cm³/mol. The van der Waals surface area contributed by atoms with Crippen molar-refractivity contribution in [2.45, 2.75) is 38.5 Å². The Hall–Kier alpha value is -1.89. The van der Waals surface area contributed by atoms with Gasteiger partial charge in [0.2, 0.25) is 5.28 Å². The molecule has 2 aliphatic heterocycles. The van der Waals surface area contributed by atoms with E-state index >= 15 is 0 Å². The van der Waals surface area contributed by atoms with Crippen molar-refractivity contribution in [3.63, 3.8) is 0 Å². The number of para-hydroxylation sites is 1. The first kappa shape index (κ1) is 18.5. The van der Waals surface area contributed by atoms with E-state index in [0.29, 0.717) is 32.8 Å². The maximum Gasteiger partial charge on any atom is 0.224 e. The van der Waals surface area contributed by atoms with E-state index in [2.05, 4.69) is 21.8 Å². The molecule has 1 aromatic heterocycles. The number of ether oxygens (including phenoxy) is 3. The fourth-order valence-electron chi connectivity index (χ4n) is 3.67. The van der Waals surface area contributed by atoms with Gasteiger partial charge in [0.05, 0.1) is 38.2 Å². The van der Waals surface area contributed by atoms with Crippen molar-refractivity contribution in [3.8, 4) is 5.75 Å². The Bertz CT molecular complexity index is 805. The minimum absolute atomic E-state index is 0.238. The topological polar surface area (TPSA) is 56.7 Å². The summed E-state index contributed by atoms with van der Waals surface area (Å²) in [6.07, 6.45) is 0.681. The van der Waals surface area contributed by atoms with Crippen LogP contribution in [0, 0.1) is 0 Å². The van der Waals surface area contributed by atoms with Gasteiger partial charge in [0, 0.05) is 18.5 Å². The lowest BCUT2D eigenvalue weighted by Crippen LogP contribution is -2.44. The minimum atomic E-state index is -0.541. The first-order valence-corrected chi connectivity index (χ1v) is 9.68. The molecule has 7 heteroatoms. The molecule has 4 rings (SSSR count). The number of anilines is 1. The van der Waals surface area contributed by atoms with E-state index in [-0.39, 0.29) is 11.3 Å². The number of aromatic nitrogens is 2. The first-order chi connectivity index (χ1) is 13.1. The average Bonchev–Trinajstić information content (AvgIpc) is 2.99. The van der Waals surface area contributed by atoms with E-state index < -0.39 is 5.60 Å². The highest BCUT2D eigenvalue weighted by molar-refractivity contribution is 6.28. The van der Waals surface area contributed by atoms with Gasteiger partial charge in [-0.25, -0.2) is 9.97 Å². The van der Waals surface area contributed by atoms with Crippen LogP contribution in [0.25, 0.3) is 0 Å². The van der Waals surface area contributed by atoms with Crippen LogP contribution in [0.1, 0.15) is 31.5 Å². The largest absolute Gasteiger partial charge is 0.493 e. The van der Waals surface area contributed by atoms with E-state index in [1.165, 1.54) is 0 Å². The van der Waals surface area contributed by atoms with Crippen molar-refractivity contribution in [2.24, 2.45) is 0 Å². The summed E-state index contributed by atoms with van der Waals surface area (Å²) in [7, 11) is 0. The van der Waals surface area contributed by atoms with Gasteiger partial charge in [-0.05, 0) is 37.6 Å². The van der Waals surface area contributed by atoms with Gasteiger partial charge in [-0.15, -0.1) is 0 Å². The third-order valence-corrected chi connectivity index (χ3v) is 5.39. The molecule has 27 heavy (non-hydrogen) atoms.